The Labute approximate surface area is 119 Å². The minimum absolute atomic E-state index is 0.231. The highest BCUT2D eigenvalue weighted by Gasteiger charge is 2.24. The molecule has 3 N–H and O–H groups in total. The lowest BCUT2D eigenvalue weighted by Gasteiger charge is -2.31. The van der Waals surface area contributed by atoms with Crippen LogP contribution >= 0.6 is 11.6 Å². The van der Waals surface area contributed by atoms with E-state index >= 15 is 0 Å². The average molecular weight is 284 g/mol. The van der Waals surface area contributed by atoms with E-state index in [9.17, 15) is 10.2 Å². The van der Waals surface area contributed by atoms with Gasteiger partial charge in [-0.2, -0.15) is 0 Å². The maximum absolute atomic E-state index is 10.1. The number of rotatable bonds is 5. The average Bonchev–Trinajstić information content (AvgIpc) is 2.45. The molecule has 0 amide bonds. The second-order valence-electron chi connectivity index (χ2n) is 5.31. The molecular formula is C15H22ClNO2. The summed E-state index contributed by atoms with van der Waals surface area (Å²) in [5.74, 6) is 0.325. The van der Waals surface area contributed by atoms with Crippen molar-refractivity contribution in [3.05, 3.63) is 34.9 Å². The lowest BCUT2D eigenvalue weighted by Crippen LogP contribution is -2.41. The monoisotopic (exact) mass is 283 g/mol. The lowest BCUT2D eigenvalue weighted by molar-refractivity contribution is 0.127. The zero-order chi connectivity index (χ0) is 13.7. The highest BCUT2D eigenvalue weighted by Crippen LogP contribution is 2.24. The van der Waals surface area contributed by atoms with E-state index in [1.54, 1.807) is 12.1 Å². The van der Waals surface area contributed by atoms with E-state index in [4.69, 9.17) is 11.6 Å². The first-order chi connectivity index (χ1) is 9.20. The number of hydrogen-bond acceptors (Lipinski definition) is 3. The number of benzene rings is 1. The third-order valence-electron chi connectivity index (χ3n) is 3.97. The SMILES string of the molecule is OCC1CCCCC1NCC(O)c1ccc(Cl)cc1. The van der Waals surface area contributed by atoms with Crippen LogP contribution in [0.25, 0.3) is 0 Å². The molecule has 0 saturated heterocycles. The largest absolute Gasteiger partial charge is 0.396 e. The number of halogens is 1. The smallest absolute Gasteiger partial charge is 0.0914 e. The zero-order valence-corrected chi connectivity index (χ0v) is 11.8. The quantitative estimate of drug-likeness (QED) is 0.778. The third kappa shape index (κ3) is 4.18. The van der Waals surface area contributed by atoms with E-state index in [1.165, 1.54) is 12.8 Å². The van der Waals surface area contributed by atoms with Gasteiger partial charge in [0, 0.05) is 24.2 Å². The van der Waals surface area contributed by atoms with Crippen molar-refractivity contribution in [1.82, 2.24) is 5.32 Å². The second-order valence-corrected chi connectivity index (χ2v) is 5.75. The molecule has 0 spiro atoms. The molecule has 2 rings (SSSR count). The van der Waals surface area contributed by atoms with E-state index in [0.717, 1.165) is 18.4 Å². The van der Waals surface area contributed by atoms with Crippen LogP contribution in [0, 0.1) is 5.92 Å². The molecule has 3 nitrogen and oxygen atoms in total. The topological polar surface area (TPSA) is 52.5 Å². The predicted molar refractivity (Wildman–Crippen MR) is 77.2 cm³/mol. The molecule has 1 aliphatic carbocycles. The van der Waals surface area contributed by atoms with Gasteiger partial charge in [-0.25, -0.2) is 0 Å². The number of aliphatic hydroxyl groups is 2. The Balaban J connectivity index is 1.85. The Morgan fingerprint density at radius 3 is 2.58 bits per heavy atom. The Morgan fingerprint density at radius 1 is 1.21 bits per heavy atom. The molecule has 4 heteroatoms. The van der Waals surface area contributed by atoms with Crippen LogP contribution < -0.4 is 5.32 Å². The summed E-state index contributed by atoms with van der Waals surface area (Å²) in [5.41, 5.74) is 0.869. The van der Waals surface area contributed by atoms with Crippen molar-refractivity contribution in [3.8, 4) is 0 Å². The van der Waals surface area contributed by atoms with Crippen molar-refractivity contribution in [2.45, 2.75) is 37.8 Å². The Morgan fingerprint density at radius 2 is 1.89 bits per heavy atom. The normalized spacial score (nSPS) is 25.2. The van der Waals surface area contributed by atoms with Gasteiger partial charge in [0.15, 0.2) is 0 Å². The first-order valence-electron chi connectivity index (χ1n) is 6.98. The van der Waals surface area contributed by atoms with Gasteiger partial charge in [-0.15, -0.1) is 0 Å². The zero-order valence-electron chi connectivity index (χ0n) is 11.1. The van der Waals surface area contributed by atoms with Crippen LogP contribution in [0.5, 0.6) is 0 Å². The summed E-state index contributed by atoms with van der Waals surface area (Å²) < 4.78 is 0. The molecular weight excluding hydrogens is 262 g/mol. The molecule has 1 saturated carbocycles. The van der Waals surface area contributed by atoms with E-state index in [1.807, 2.05) is 12.1 Å². The first kappa shape index (κ1) is 14.8. The molecule has 0 bridgehead atoms. The van der Waals surface area contributed by atoms with E-state index in [0.29, 0.717) is 23.5 Å². The summed E-state index contributed by atoms with van der Waals surface area (Å²) in [6.07, 6.45) is 4.02. The molecule has 0 heterocycles. The fraction of sp³-hybridized carbons (Fsp3) is 0.600. The molecule has 3 atom stereocenters. The van der Waals surface area contributed by atoms with Crippen LogP contribution in [0.15, 0.2) is 24.3 Å². The van der Waals surface area contributed by atoms with Crippen LogP contribution in [-0.4, -0.2) is 29.4 Å². The maximum atomic E-state index is 10.1. The van der Waals surface area contributed by atoms with E-state index < -0.39 is 6.10 Å². The van der Waals surface area contributed by atoms with Crippen molar-refractivity contribution in [3.63, 3.8) is 0 Å². The summed E-state index contributed by atoms with van der Waals surface area (Å²) in [6, 6.07) is 7.59. The van der Waals surface area contributed by atoms with Gasteiger partial charge in [-0.1, -0.05) is 36.6 Å². The molecule has 1 aromatic rings. The van der Waals surface area contributed by atoms with Crippen molar-refractivity contribution in [2.75, 3.05) is 13.2 Å². The molecule has 0 radical (unpaired) electrons. The van der Waals surface area contributed by atoms with Gasteiger partial charge < -0.3 is 15.5 Å². The first-order valence-corrected chi connectivity index (χ1v) is 7.36. The van der Waals surface area contributed by atoms with Crippen LogP contribution in [0.2, 0.25) is 5.02 Å². The lowest BCUT2D eigenvalue weighted by atomic mass is 9.85. The van der Waals surface area contributed by atoms with Gasteiger partial charge in [0.05, 0.1) is 6.10 Å². The van der Waals surface area contributed by atoms with Gasteiger partial charge >= 0.3 is 0 Å². The van der Waals surface area contributed by atoms with E-state index in [-0.39, 0.29) is 6.61 Å². The Bertz CT molecular complexity index is 382. The van der Waals surface area contributed by atoms with Crippen molar-refractivity contribution in [1.29, 1.82) is 0 Å². The maximum Gasteiger partial charge on any atom is 0.0914 e. The summed E-state index contributed by atoms with van der Waals surface area (Å²) in [5, 5.41) is 23.6. The third-order valence-corrected chi connectivity index (χ3v) is 4.22. The fourth-order valence-electron chi connectivity index (χ4n) is 2.76. The van der Waals surface area contributed by atoms with Crippen LogP contribution in [0.1, 0.15) is 37.4 Å². The molecule has 19 heavy (non-hydrogen) atoms. The number of nitrogens with one attached hydrogen (secondary N) is 1. The standard InChI is InChI=1S/C15H22ClNO2/c16-13-7-5-11(6-8-13)15(19)9-17-14-4-2-1-3-12(14)10-18/h5-8,12,14-15,17-19H,1-4,9-10H2. The van der Waals surface area contributed by atoms with Crippen molar-refractivity contribution in [2.24, 2.45) is 5.92 Å². The van der Waals surface area contributed by atoms with Crippen LogP contribution in [-0.2, 0) is 0 Å². The molecule has 0 aliphatic heterocycles. The molecule has 3 unspecified atom stereocenters. The van der Waals surface area contributed by atoms with Crippen LogP contribution in [0.4, 0.5) is 0 Å². The minimum Gasteiger partial charge on any atom is -0.396 e. The molecule has 1 aliphatic rings. The van der Waals surface area contributed by atoms with Gasteiger partial charge in [0.25, 0.3) is 0 Å². The second kappa shape index (κ2) is 7.25. The fourth-order valence-corrected chi connectivity index (χ4v) is 2.89. The summed E-state index contributed by atoms with van der Waals surface area (Å²) in [7, 11) is 0. The predicted octanol–water partition coefficient (Wildman–Crippen LogP) is 2.51. The van der Waals surface area contributed by atoms with E-state index in [2.05, 4.69) is 5.32 Å². The molecule has 1 fully saturated rings. The van der Waals surface area contributed by atoms with Gasteiger partial charge in [0.2, 0.25) is 0 Å². The Kier molecular flexibility index (Phi) is 5.64. The van der Waals surface area contributed by atoms with Crippen molar-refractivity contribution < 1.29 is 10.2 Å². The van der Waals surface area contributed by atoms with Crippen molar-refractivity contribution >= 4 is 11.6 Å². The highest BCUT2D eigenvalue weighted by molar-refractivity contribution is 6.30. The minimum atomic E-state index is -0.529. The molecule has 0 aromatic heterocycles. The molecule has 1 aromatic carbocycles. The van der Waals surface area contributed by atoms with Gasteiger partial charge in [0.1, 0.15) is 0 Å². The number of aliphatic hydroxyl groups excluding tert-OH is 2. The number of hydrogen-bond donors (Lipinski definition) is 3. The highest BCUT2D eigenvalue weighted by atomic mass is 35.5. The summed E-state index contributed by atoms with van der Waals surface area (Å²) in [4.78, 5) is 0. The summed E-state index contributed by atoms with van der Waals surface area (Å²) >= 11 is 5.83. The van der Waals surface area contributed by atoms with Crippen LogP contribution in [0.3, 0.4) is 0 Å². The summed E-state index contributed by atoms with van der Waals surface area (Å²) in [6.45, 7) is 0.748. The van der Waals surface area contributed by atoms with Gasteiger partial charge in [-0.05, 0) is 36.5 Å². The molecule has 106 valence electrons. The Hall–Kier alpha value is -0.610. The van der Waals surface area contributed by atoms with Gasteiger partial charge in [-0.3, -0.25) is 0 Å².